The molecular formula is C19H32I3N3O9. The third-order valence-corrected chi connectivity index (χ3v) is 7.98. The standard InChI is InChI=1S/C19H32I3N3O9/c1-8(29)25(4-11(32)7-28)17-15(21)12(18(33)23-2-9(30)5-26)14(20)13(16(17)22)19(34)24-3-10(31)6-27/h9-17,26-28,30-32H,2-7H2,1H3,(H,23,33)(H,24,34)/i12D,13D,14D,15D,17D. The van der Waals surface area contributed by atoms with Crippen LogP contribution in [-0.4, -0.2) is 129 Å². The Morgan fingerprint density at radius 2 is 1.29 bits per heavy atom. The second kappa shape index (κ2) is 15.6. The number of halogens is 3. The topological polar surface area (TPSA) is 200 Å². The average molecular weight is 832 g/mol. The Kier molecular flexibility index (Phi) is 11.3. The van der Waals surface area contributed by atoms with Crippen LogP contribution in [0.1, 0.15) is 13.8 Å². The lowest BCUT2D eigenvalue weighted by Crippen LogP contribution is -2.66. The molecule has 1 aliphatic carbocycles. The summed E-state index contributed by atoms with van der Waals surface area (Å²) in [5, 5.41) is 61.4. The minimum Gasteiger partial charge on any atom is -0.394 e. The molecule has 1 aliphatic rings. The maximum absolute atomic E-state index is 13.6. The molecule has 0 heterocycles. The van der Waals surface area contributed by atoms with Gasteiger partial charge < -0.3 is 46.2 Å². The van der Waals surface area contributed by atoms with Gasteiger partial charge in [-0.05, 0) is 0 Å². The average Bonchev–Trinajstić information content (AvgIpc) is 2.89. The Hall–Kier alpha value is 0.360. The van der Waals surface area contributed by atoms with Crippen LogP contribution in [0.25, 0.3) is 0 Å². The second-order valence-electron chi connectivity index (χ2n) is 7.22. The van der Waals surface area contributed by atoms with Crippen molar-refractivity contribution < 1.29 is 51.9 Å². The summed E-state index contributed by atoms with van der Waals surface area (Å²) in [5.41, 5.74) is 0. The quantitative estimate of drug-likeness (QED) is 0.0754. The molecule has 15 heteroatoms. The summed E-state index contributed by atoms with van der Waals surface area (Å²) in [4.78, 5) is 40.4. The number of aliphatic hydroxyl groups is 6. The van der Waals surface area contributed by atoms with Gasteiger partial charge in [-0.15, -0.1) is 0 Å². The van der Waals surface area contributed by atoms with E-state index in [9.17, 15) is 40.3 Å². The van der Waals surface area contributed by atoms with Crippen LogP contribution in [0.3, 0.4) is 0 Å². The Labute approximate surface area is 245 Å². The Balaban J connectivity index is 4.04. The summed E-state index contributed by atoms with van der Waals surface area (Å²) in [5.74, 6) is -10.1. The van der Waals surface area contributed by atoms with E-state index in [2.05, 4.69) is 10.6 Å². The van der Waals surface area contributed by atoms with Crippen LogP contribution in [0.2, 0.25) is 0 Å². The summed E-state index contributed by atoms with van der Waals surface area (Å²) in [6.45, 7) is -3.60. The van der Waals surface area contributed by atoms with Gasteiger partial charge in [-0.1, -0.05) is 67.8 Å². The van der Waals surface area contributed by atoms with Gasteiger partial charge in [0.2, 0.25) is 17.7 Å². The number of amides is 3. The van der Waals surface area contributed by atoms with E-state index in [1.807, 2.05) is 0 Å². The van der Waals surface area contributed by atoms with Crippen molar-refractivity contribution in [3.63, 3.8) is 0 Å². The van der Waals surface area contributed by atoms with Crippen LogP contribution in [0.15, 0.2) is 0 Å². The highest BCUT2D eigenvalue weighted by molar-refractivity contribution is 14.1. The van der Waals surface area contributed by atoms with Gasteiger partial charge in [-0.2, -0.15) is 0 Å². The van der Waals surface area contributed by atoms with Gasteiger partial charge in [-0.3, -0.25) is 14.4 Å². The number of aliphatic hydroxyl groups excluding tert-OH is 6. The first-order valence-electron chi connectivity index (χ1n) is 12.4. The summed E-state index contributed by atoms with van der Waals surface area (Å²) in [6.07, 6.45) is -4.65. The minimum atomic E-state index is -3.24. The van der Waals surface area contributed by atoms with Crippen molar-refractivity contribution in [3.05, 3.63) is 0 Å². The number of carbonyl (C=O) groups is 3. The molecule has 1 rings (SSSR count). The molecule has 198 valence electrons. The van der Waals surface area contributed by atoms with Crippen LogP contribution in [0.4, 0.5) is 0 Å². The summed E-state index contributed by atoms with van der Waals surface area (Å²) < 4.78 is 38.6. The number of nitrogens with zero attached hydrogens (tertiary/aromatic N) is 1. The van der Waals surface area contributed by atoms with E-state index in [0.717, 1.165) is 6.92 Å². The van der Waals surface area contributed by atoms with Crippen molar-refractivity contribution >= 4 is 85.5 Å². The zero-order valence-corrected chi connectivity index (χ0v) is 24.5. The molecule has 9 atom stereocenters. The Morgan fingerprint density at radius 3 is 1.71 bits per heavy atom. The Bertz CT molecular complexity index is 929. The lowest BCUT2D eigenvalue weighted by atomic mass is 9.76. The number of nitrogens with one attached hydrogen (secondary N) is 2. The molecule has 1 saturated carbocycles. The fraction of sp³-hybridized carbons (Fsp3) is 0.842. The lowest BCUT2D eigenvalue weighted by molar-refractivity contribution is -0.138. The molecule has 0 aromatic carbocycles. The normalized spacial score (nSPS) is 42.5. The molecule has 3 amide bonds. The molecule has 1 fully saturated rings. The minimum absolute atomic E-state index is 0.550. The first kappa shape index (κ1) is 24.7. The van der Waals surface area contributed by atoms with Crippen LogP contribution in [0, 0.1) is 11.8 Å². The van der Waals surface area contributed by atoms with Gasteiger partial charge in [0, 0.05) is 43.8 Å². The molecule has 0 radical (unpaired) electrons. The van der Waals surface area contributed by atoms with E-state index >= 15 is 0 Å². The SMILES string of the molecule is [2H]C1(C(=O)NCC(O)CO)C(I)C([2H])(N(CC(O)CO)C(C)=O)C([2H])(I)C([2H])(C(=O)NCC(O)CO)C1([2H])I. The molecule has 9 unspecified atom stereocenters. The molecule has 0 spiro atoms. The predicted molar refractivity (Wildman–Crippen MR) is 147 cm³/mol. The van der Waals surface area contributed by atoms with E-state index in [0.29, 0.717) is 4.90 Å². The molecular weight excluding hydrogens is 795 g/mol. The van der Waals surface area contributed by atoms with Crippen molar-refractivity contribution in [3.8, 4) is 0 Å². The maximum Gasteiger partial charge on any atom is 0.225 e. The number of hydrogen-bond acceptors (Lipinski definition) is 9. The zero-order valence-electron chi connectivity index (χ0n) is 23.0. The summed E-state index contributed by atoms with van der Waals surface area (Å²) in [6, 6.07) is -2.88. The predicted octanol–water partition coefficient (Wildman–Crippen LogP) is -2.85. The second-order valence-corrected chi connectivity index (χ2v) is 10.6. The molecule has 0 aromatic rings. The monoisotopic (exact) mass is 832 g/mol. The summed E-state index contributed by atoms with van der Waals surface area (Å²) in [7, 11) is 0. The van der Waals surface area contributed by atoms with Crippen molar-refractivity contribution in [2.24, 2.45) is 11.8 Å². The van der Waals surface area contributed by atoms with Gasteiger partial charge in [0.15, 0.2) is 0 Å². The summed E-state index contributed by atoms with van der Waals surface area (Å²) >= 11 is 3.81. The van der Waals surface area contributed by atoms with Gasteiger partial charge in [0.1, 0.15) is 0 Å². The zero-order chi connectivity index (χ0) is 30.8. The Morgan fingerprint density at radius 1 is 0.853 bits per heavy atom. The van der Waals surface area contributed by atoms with Gasteiger partial charge in [0.05, 0.1) is 57.3 Å². The molecule has 0 bridgehead atoms. The smallest absolute Gasteiger partial charge is 0.225 e. The number of carbonyl (C=O) groups excluding carboxylic acids is 3. The highest BCUT2D eigenvalue weighted by Gasteiger charge is 2.55. The third-order valence-electron chi connectivity index (χ3n) is 4.56. The van der Waals surface area contributed by atoms with Crippen LogP contribution < -0.4 is 10.6 Å². The van der Waals surface area contributed by atoms with Gasteiger partial charge in [0.25, 0.3) is 0 Å². The first-order chi connectivity index (χ1) is 17.7. The molecule has 0 saturated heterocycles. The highest BCUT2D eigenvalue weighted by atomic mass is 127. The fourth-order valence-corrected chi connectivity index (χ4v) is 7.92. The highest BCUT2D eigenvalue weighted by Crippen LogP contribution is 2.45. The molecule has 12 nitrogen and oxygen atoms in total. The number of alkyl halides is 3. The van der Waals surface area contributed by atoms with E-state index < -0.39 is 105 Å². The third kappa shape index (κ3) is 8.73. The van der Waals surface area contributed by atoms with E-state index in [1.165, 1.54) is 67.8 Å². The fourth-order valence-electron chi connectivity index (χ4n) is 2.79. The van der Waals surface area contributed by atoms with Gasteiger partial charge in [-0.25, -0.2) is 0 Å². The molecule has 0 aromatic heterocycles. The van der Waals surface area contributed by atoms with Crippen LogP contribution >= 0.6 is 67.8 Å². The molecule has 34 heavy (non-hydrogen) atoms. The lowest BCUT2D eigenvalue weighted by Gasteiger charge is -2.49. The van der Waals surface area contributed by atoms with E-state index in [4.69, 9.17) is 11.6 Å². The van der Waals surface area contributed by atoms with Crippen molar-refractivity contribution in [1.29, 1.82) is 0 Å². The number of hydrogen-bond donors (Lipinski definition) is 8. The molecule has 8 N–H and O–H groups in total. The first-order valence-corrected chi connectivity index (χ1v) is 13.3. The maximum atomic E-state index is 13.6. The van der Waals surface area contributed by atoms with E-state index in [-0.39, 0.29) is 0 Å². The van der Waals surface area contributed by atoms with E-state index in [1.54, 1.807) is 0 Å². The van der Waals surface area contributed by atoms with Crippen LogP contribution in [-0.2, 0) is 14.4 Å². The van der Waals surface area contributed by atoms with Crippen molar-refractivity contribution in [1.82, 2.24) is 15.5 Å². The molecule has 0 aliphatic heterocycles. The number of rotatable bonds is 12. The van der Waals surface area contributed by atoms with Crippen LogP contribution in [0.5, 0.6) is 0 Å². The largest absolute Gasteiger partial charge is 0.394 e. The van der Waals surface area contributed by atoms with Gasteiger partial charge >= 0.3 is 0 Å². The van der Waals surface area contributed by atoms with Crippen molar-refractivity contribution in [2.75, 3.05) is 39.5 Å². The van der Waals surface area contributed by atoms with Crippen molar-refractivity contribution in [2.45, 2.75) is 43.0 Å².